The van der Waals surface area contributed by atoms with Crippen LogP contribution in [0.2, 0.25) is 0 Å². The summed E-state index contributed by atoms with van der Waals surface area (Å²) in [5, 5.41) is 2.71. The first-order valence-corrected chi connectivity index (χ1v) is 6.02. The number of benzene rings is 2. The van der Waals surface area contributed by atoms with Gasteiger partial charge in [-0.2, -0.15) is 0 Å². The van der Waals surface area contributed by atoms with Gasteiger partial charge in [-0.05, 0) is 48.9 Å². The molecule has 104 valence electrons. The van der Waals surface area contributed by atoms with Gasteiger partial charge in [0.1, 0.15) is 11.6 Å². The highest BCUT2D eigenvalue weighted by atomic mass is 19.1. The summed E-state index contributed by atoms with van der Waals surface area (Å²) in [7, 11) is 1.50. The number of amides is 1. The molecule has 0 bridgehead atoms. The molecular formula is C15H15FN2O2. The number of rotatable bonds is 3. The Bertz CT molecular complexity index is 656. The number of carbonyl (C=O) groups is 1. The lowest BCUT2D eigenvalue weighted by atomic mass is 10.1. The van der Waals surface area contributed by atoms with Crippen molar-refractivity contribution >= 4 is 17.3 Å². The molecule has 2 aromatic carbocycles. The first-order chi connectivity index (χ1) is 9.51. The first kappa shape index (κ1) is 13.9. The van der Waals surface area contributed by atoms with Crippen molar-refractivity contribution in [2.45, 2.75) is 6.92 Å². The quantitative estimate of drug-likeness (QED) is 0.846. The van der Waals surface area contributed by atoms with E-state index in [0.29, 0.717) is 28.3 Å². The fourth-order valence-electron chi connectivity index (χ4n) is 1.89. The van der Waals surface area contributed by atoms with E-state index in [2.05, 4.69) is 5.32 Å². The fourth-order valence-corrected chi connectivity index (χ4v) is 1.89. The monoisotopic (exact) mass is 274 g/mol. The van der Waals surface area contributed by atoms with Crippen molar-refractivity contribution in [1.29, 1.82) is 0 Å². The third-order valence-electron chi connectivity index (χ3n) is 2.90. The predicted octanol–water partition coefficient (Wildman–Crippen LogP) is 2.98. The van der Waals surface area contributed by atoms with Crippen LogP contribution in [-0.4, -0.2) is 13.0 Å². The molecule has 1 amide bonds. The van der Waals surface area contributed by atoms with E-state index < -0.39 is 0 Å². The molecule has 2 rings (SSSR count). The molecule has 0 heterocycles. The van der Waals surface area contributed by atoms with Crippen molar-refractivity contribution in [3.05, 3.63) is 53.3 Å². The molecule has 0 atom stereocenters. The van der Waals surface area contributed by atoms with Crippen molar-refractivity contribution in [3.63, 3.8) is 0 Å². The Morgan fingerprint density at radius 1 is 1.25 bits per heavy atom. The molecule has 3 N–H and O–H groups in total. The van der Waals surface area contributed by atoms with Crippen LogP contribution in [0.5, 0.6) is 5.75 Å². The van der Waals surface area contributed by atoms with Crippen molar-refractivity contribution in [1.82, 2.24) is 0 Å². The summed E-state index contributed by atoms with van der Waals surface area (Å²) in [6.45, 7) is 1.68. The van der Waals surface area contributed by atoms with Crippen molar-refractivity contribution < 1.29 is 13.9 Å². The summed E-state index contributed by atoms with van der Waals surface area (Å²) in [6, 6.07) is 8.96. The van der Waals surface area contributed by atoms with Crippen LogP contribution in [0.3, 0.4) is 0 Å². The molecule has 5 heteroatoms. The Labute approximate surface area is 116 Å². The summed E-state index contributed by atoms with van der Waals surface area (Å²) in [6.07, 6.45) is 0. The van der Waals surface area contributed by atoms with E-state index >= 15 is 0 Å². The van der Waals surface area contributed by atoms with E-state index in [4.69, 9.17) is 10.5 Å². The lowest BCUT2D eigenvalue weighted by Crippen LogP contribution is -2.14. The third-order valence-corrected chi connectivity index (χ3v) is 2.90. The Balaban J connectivity index is 2.30. The van der Waals surface area contributed by atoms with Gasteiger partial charge in [0.2, 0.25) is 0 Å². The molecule has 0 spiro atoms. The zero-order valence-electron chi connectivity index (χ0n) is 11.2. The third kappa shape index (κ3) is 2.88. The minimum absolute atomic E-state index is 0.341. The number of nitrogen functional groups attached to an aromatic ring is 1. The summed E-state index contributed by atoms with van der Waals surface area (Å²) in [5.41, 5.74) is 7.63. The largest absolute Gasteiger partial charge is 0.495 e. The fraction of sp³-hybridized carbons (Fsp3) is 0.133. The van der Waals surface area contributed by atoms with Crippen molar-refractivity contribution in [2.24, 2.45) is 0 Å². The highest BCUT2D eigenvalue weighted by Gasteiger charge is 2.12. The molecule has 20 heavy (non-hydrogen) atoms. The molecule has 0 aliphatic carbocycles. The van der Waals surface area contributed by atoms with Crippen LogP contribution in [0.15, 0.2) is 36.4 Å². The number of nitrogens with two attached hydrogens (primary N) is 1. The van der Waals surface area contributed by atoms with Gasteiger partial charge in [-0.1, -0.05) is 0 Å². The second-order valence-corrected chi connectivity index (χ2v) is 4.37. The van der Waals surface area contributed by atoms with Crippen LogP contribution in [0.1, 0.15) is 15.9 Å². The number of anilines is 2. The highest BCUT2D eigenvalue weighted by Crippen LogP contribution is 2.27. The minimum Gasteiger partial charge on any atom is -0.495 e. The molecule has 2 aromatic rings. The smallest absolute Gasteiger partial charge is 0.256 e. The molecule has 0 saturated carbocycles. The van der Waals surface area contributed by atoms with Gasteiger partial charge in [-0.3, -0.25) is 4.79 Å². The molecule has 0 aliphatic rings. The number of halogens is 1. The second-order valence-electron chi connectivity index (χ2n) is 4.37. The lowest BCUT2D eigenvalue weighted by molar-refractivity contribution is 0.102. The van der Waals surface area contributed by atoms with Gasteiger partial charge < -0.3 is 15.8 Å². The second kappa shape index (κ2) is 5.61. The van der Waals surface area contributed by atoms with E-state index in [1.807, 2.05) is 0 Å². The van der Waals surface area contributed by atoms with E-state index in [-0.39, 0.29) is 11.7 Å². The minimum atomic E-state index is -0.374. The van der Waals surface area contributed by atoms with Crippen LogP contribution in [0, 0.1) is 12.7 Å². The molecule has 0 unspecified atom stereocenters. The SMILES string of the molecule is COc1ccc(N)cc1NC(=O)c1ccc(F)cc1C. The zero-order valence-corrected chi connectivity index (χ0v) is 11.2. The molecule has 4 nitrogen and oxygen atoms in total. The topological polar surface area (TPSA) is 64.3 Å². The molecule has 0 saturated heterocycles. The van der Waals surface area contributed by atoms with Gasteiger partial charge >= 0.3 is 0 Å². The number of methoxy groups -OCH3 is 1. The molecule has 0 fully saturated rings. The maximum atomic E-state index is 13.0. The molecule has 0 radical (unpaired) electrons. The van der Waals surface area contributed by atoms with Crippen LogP contribution < -0.4 is 15.8 Å². The Morgan fingerprint density at radius 3 is 2.65 bits per heavy atom. The van der Waals surface area contributed by atoms with Crippen LogP contribution in [0.4, 0.5) is 15.8 Å². The average molecular weight is 274 g/mol. The van der Waals surface area contributed by atoms with Gasteiger partial charge in [0.15, 0.2) is 0 Å². The predicted molar refractivity (Wildman–Crippen MR) is 76.5 cm³/mol. The van der Waals surface area contributed by atoms with Gasteiger partial charge in [-0.15, -0.1) is 0 Å². The summed E-state index contributed by atoms with van der Waals surface area (Å²) < 4.78 is 18.2. The normalized spacial score (nSPS) is 10.2. The summed E-state index contributed by atoms with van der Waals surface area (Å²) >= 11 is 0. The average Bonchev–Trinajstić information content (AvgIpc) is 2.38. The van der Waals surface area contributed by atoms with E-state index in [1.54, 1.807) is 25.1 Å². The maximum Gasteiger partial charge on any atom is 0.256 e. The summed E-state index contributed by atoms with van der Waals surface area (Å²) in [4.78, 5) is 12.2. The van der Waals surface area contributed by atoms with Crippen molar-refractivity contribution in [3.8, 4) is 5.75 Å². The van der Waals surface area contributed by atoms with E-state index in [9.17, 15) is 9.18 Å². The Hall–Kier alpha value is -2.56. The van der Waals surface area contributed by atoms with Gasteiger partial charge in [-0.25, -0.2) is 4.39 Å². The zero-order chi connectivity index (χ0) is 14.7. The Kier molecular flexibility index (Phi) is 3.89. The van der Waals surface area contributed by atoms with Gasteiger partial charge in [0, 0.05) is 11.3 Å². The Morgan fingerprint density at radius 2 is 2.00 bits per heavy atom. The van der Waals surface area contributed by atoms with Crippen LogP contribution in [0.25, 0.3) is 0 Å². The number of ether oxygens (including phenoxy) is 1. The summed E-state index contributed by atoms with van der Waals surface area (Å²) in [5.74, 6) is -0.209. The number of aryl methyl sites for hydroxylation is 1. The number of nitrogens with one attached hydrogen (secondary N) is 1. The maximum absolute atomic E-state index is 13.0. The number of carbonyl (C=O) groups excluding carboxylic acids is 1. The van der Waals surface area contributed by atoms with Gasteiger partial charge in [0.05, 0.1) is 12.8 Å². The van der Waals surface area contributed by atoms with Crippen molar-refractivity contribution in [2.75, 3.05) is 18.2 Å². The molecule has 0 aliphatic heterocycles. The van der Waals surface area contributed by atoms with E-state index in [0.717, 1.165) is 0 Å². The lowest BCUT2D eigenvalue weighted by Gasteiger charge is -2.12. The highest BCUT2D eigenvalue weighted by molar-refractivity contribution is 6.06. The number of hydrogen-bond acceptors (Lipinski definition) is 3. The van der Waals surface area contributed by atoms with Gasteiger partial charge in [0.25, 0.3) is 5.91 Å². The van der Waals surface area contributed by atoms with Crippen LogP contribution >= 0.6 is 0 Å². The molecule has 0 aromatic heterocycles. The first-order valence-electron chi connectivity index (χ1n) is 6.02. The number of hydrogen-bond donors (Lipinski definition) is 2. The van der Waals surface area contributed by atoms with Crippen LogP contribution in [-0.2, 0) is 0 Å². The van der Waals surface area contributed by atoms with E-state index in [1.165, 1.54) is 25.3 Å². The standard InChI is InChI=1S/C15H15FN2O2/c1-9-7-10(16)3-5-12(9)15(19)18-13-8-11(17)4-6-14(13)20-2/h3-8H,17H2,1-2H3,(H,18,19). The molecular weight excluding hydrogens is 259 g/mol.